The minimum Gasteiger partial charge on any atom is -0.508 e. The number of aliphatic hydroxyl groups is 1. The molecule has 240 valence electrons. The van der Waals surface area contributed by atoms with Gasteiger partial charge >= 0.3 is 12.1 Å². The van der Waals surface area contributed by atoms with E-state index in [2.05, 4.69) is 11.8 Å². The lowest BCUT2D eigenvalue weighted by molar-refractivity contribution is -0.284. The summed E-state index contributed by atoms with van der Waals surface area (Å²) in [7, 11) is 2.01. The maximum absolute atomic E-state index is 15.9. The summed E-state index contributed by atoms with van der Waals surface area (Å²) in [5.41, 5.74) is 1.75. The van der Waals surface area contributed by atoms with Gasteiger partial charge in [0.25, 0.3) is 0 Å². The third-order valence-corrected chi connectivity index (χ3v) is 10.8. The number of rotatable bonds is 14. The van der Waals surface area contributed by atoms with E-state index < -0.39 is 30.8 Å². The summed E-state index contributed by atoms with van der Waals surface area (Å²) in [6, 6.07) is 5.41. The molecule has 9 heteroatoms. The van der Waals surface area contributed by atoms with Crippen LogP contribution in [0.5, 0.6) is 5.75 Å². The number of aliphatic hydroxyl groups excluding tert-OH is 1. The van der Waals surface area contributed by atoms with E-state index >= 15 is 4.39 Å². The zero-order chi connectivity index (χ0) is 30.7. The van der Waals surface area contributed by atoms with Crippen molar-refractivity contribution in [1.82, 2.24) is 4.90 Å². The Bertz CT molecular complexity index is 1020. The first-order valence-electron chi connectivity index (χ1n) is 16.0. The molecule has 2 N–H and O–H groups in total. The molecule has 0 spiro atoms. The summed E-state index contributed by atoms with van der Waals surface area (Å²) in [4.78, 5) is 2.19. The number of alkyl halides is 6. The van der Waals surface area contributed by atoms with Gasteiger partial charge in [0.2, 0.25) is 0 Å². The summed E-state index contributed by atoms with van der Waals surface area (Å²) in [5.74, 6) is -3.69. The Hall–Kier alpha value is -1.48. The smallest absolute Gasteiger partial charge is 0.453 e. The molecule has 7 atom stereocenters. The molecule has 2 saturated carbocycles. The molecule has 0 bridgehead atoms. The standard InChI is InChI=1S/C33H49F6NO2/c1-31-21-27(34)30-25-13-12-24(41)20-23(25)19-22(29(30)26(31)14-15-28(31)42)11-7-3-5-9-17-40(2)18-10-6-4-8-16-32(35,36)33(37,38)39/h12-13,20,22,26-30,41-42H,3-11,14-19,21H2,1-2H3/t22?,26?,27-,28-,29?,30?,31?/m0/s1. The van der Waals surface area contributed by atoms with Gasteiger partial charge in [0.05, 0.1) is 6.10 Å². The Morgan fingerprint density at radius 1 is 0.929 bits per heavy atom. The number of aromatic hydroxyl groups is 1. The lowest BCUT2D eigenvalue weighted by Gasteiger charge is -2.54. The quantitative estimate of drug-likeness (QED) is 0.165. The topological polar surface area (TPSA) is 43.7 Å². The third kappa shape index (κ3) is 7.41. The number of hydrogen-bond donors (Lipinski definition) is 2. The van der Waals surface area contributed by atoms with Crippen molar-refractivity contribution in [2.75, 3.05) is 20.1 Å². The highest BCUT2D eigenvalue weighted by Crippen LogP contribution is 2.63. The number of hydrogen-bond acceptors (Lipinski definition) is 3. The Labute approximate surface area is 247 Å². The second kappa shape index (κ2) is 13.7. The number of halogens is 6. The molecule has 2 fully saturated rings. The van der Waals surface area contributed by atoms with Crippen molar-refractivity contribution in [2.24, 2.45) is 23.2 Å². The molecule has 3 nitrogen and oxygen atoms in total. The van der Waals surface area contributed by atoms with E-state index in [1.807, 2.05) is 19.2 Å². The van der Waals surface area contributed by atoms with Gasteiger partial charge in [0.1, 0.15) is 11.9 Å². The highest BCUT2D eigenvalue weighted by atomic mass is 19.4. The number of phenolic OH excluding ortho intramolecular Hbond substituents is 1. The molecule has 0 amide bonds. The maximum atomic E-state index is 15.9. The van der Waals surface area contributed by atoms with Crippen LogP contribution in [0.25, 0.3) is 0 Å². The number of benzene rings is 1. The van der Waals surface area contributed by atoms with Crippen LogP contribution in [0.4, 0.5) is 26.3 Å². The van der Waals surface area contributed by atoms with Gasteiger partial charge in [-0.05, 0) is 118 Å². The van der Waals surface area contributed by atoms with Gasteiger partial charge in [-0.1, -0.05) is 45.1 Å². The maximum Gasteiger partial charge on any atom is 0.453 e. The normalized spacial score (nSPS) is 31.2. The molecule has 0 radical (unpaired) electrons. The van der Waals surface area contributed by atoms with Crippen LogP contribution in [-0.4, -0.2) is 59.6 Å². The van der Waals surface area contributed by atoms with Crippen molar-refractivity contribution in [3.63, 3.8) is 0 Å². The summed E-state index contributed by atoms with van der Waals surface area (Å²) in [6.07, 6.45) is 1.79. The zero-order valence-corrected chi connectivity index (χ0v) is 25.1. The van der Waals surface area contributed by atoms with Crippen LogP contribution >= 0.6 is 0 Å². The van der Waals surface area contributed by atoms with Gasteiger partial charge in [-0.2, -0.15) is 22.0 Å². The SMILES string of the molecule is CN(CCCCCCC1Cc2cc(O)ccc2C2C1C1CC[C@H](O)C1(C)C[C@@H]2F)CCCCCCC(F)(F)C(F)(F)F. The highest BCUT2D eigenvalue weighted by Gasteiger charge is 2.60. The van der Waals surface area contributed by atoms with Crippen molar-refractivity contribution in [3.8, 4) is 5.75 Å². The van der Waals surface area contributed by atoms with Crippen LogP contribution in [0.2, 0.25) is 0 Å². The minimum atomic E-state index is -5.46. The van der Waals surface area contributed by atoms with E-state index in [0.717, 1.165) is 82.0 Å². The van der Waals surface area contributed by atoms with Crippen molar-refractivity contribution in [3.05, 3.63) is 29.3 Å². The van der Waals surface area contributed by atoms with E-state index in [1.165, 1.54) is 0 Å². The molecule has 5 unspecified atom stereocenters. The summed E-state index contributed by atoms with van der Waals surface area (Å²) < 4.78 is 78.6. The molecule has 3 aliphatic rings. The second-order valence-electron chi connectivity index (χ2n) is 13.7. The molecular weight excluding hydrogens is 556 g/mol. The lowest BCUT2D eigenvalue weighted by atomic mass is 9.51. The largest absolute Gasteiger partial charge is 0.508 e. The molecule has 42 heavy (non-hydrogen) atoms. The van der Waals surface area contributed by atoms with E-state index in [1.54, 1.807) is 6.07 Å². The van der Waals surface area contributed by atoms with E-state index in [4.69, 9.17) is 0 Å². The molecule has 0 aromatic heterocycles. The highest BCUT2D eigenvalue weighted by molar-refractivity contribution is 5.41. The minimum absolute atomic E-state index is 0.127. The molecular formula is C33H49F6NO2. The van der Waals surface area contributed by atoms with Gasteiger partial charge in [-0.25, -0.2) is 4.39 Å². The lowest BCUT2D eigenvalue weighted by Crippen LogP contribution is -2.51. The number of unbranched alkanes of at least 4 members (excludes halogenated alkanes) is 6. The third-order valence-electron chi connectivity index (χ3n) is 10.8. The van der Waals surface area contributed by atoms with Gasteiger partial charge in [-0.3, -0.25) is 0 Å². The van der Waals surface area contributed by atoms with Crippen LogP contribution < -0.4 is 0 Å². The van der Waals surface area contributed by atoms with Crippen LogP contribution in [0.15, 0.2) is 18.2 Å². The first-order chi connectivity index (χ1) is 19.7. The van der Waals surface area contributed by atoms with E-state index in [-0.39, 0.29) is 29.4 Å². The second-order valence-corrected chi connectivity index (χ2v) is 13.7. The predicted molar refractivity (Wildman–Crippen MR) is 153 cm³/mol. The fourth-order valence-corrected chi connectivity index (χ4v) is 8.51. The Morgan fingerprint density at radius 2 is 1.57 bits per heavy atom. The summed E-state index contributed by atoms with van der Waals surface area (Å²) in [5, 5.41) is 20.9. The van der Waals surface area contributed by atoms with Gasteiger partial charge in [0.15, 0.2) is 0 Å². The fraction of sp³-hybridized carbons (Fsp3) is 0.818. The zero-order valence-electron chi connectivity index (χ0n) is 25.1. The Morgan fingerprint density at radius 3 is 2.24 bits per heavy atom. The molecule has 3 aliphatic carbocycles. The predicted octanol–water partition coefficient (Wildman–Crippen LogP) is 8.81. The molecule has 0 saturated heterocycles. The fourth-order valence-electron chi connectivity index (χ4n) is 8.51. The average Bonchev–Trinajstić information content (AvgIpc) is 3.20. The molecule has 1 aromatic carbocycles. The first-order valence-corrected chi connectivity index (χ1v) is 16.0. The number of phenols is 1. The van der Waals surface area contributed by atoms with Crippen LogP contribution in [0.1, 0.15) is 107 Å². The van der Waals surface area contributed by atoms with Crippen molar-refractivity contribution in [2.45, 2.75) is 127 Å². The van der Waals surface area contributed by atoms with Crippen LogP contribution in [0.3, 0.4) is 0 Å². The van der Waals surface area contributed by atoms with Crippen molar-refractivity contribution in [1.29, 1.82) is 0 Å². The number of fused-ring (bicyclic) bond motifs is 5. The number of nitrogens with zero attached hydrogens (tertiary/aromatic N) is 1. The molecule has 0 aliphatic heterocycles. The molecule has 0 heterocycles. The van der Waals surface area contributed by atoms with Crippen molar-refractivity contribution >= 4 is 0 Å². The Kier molecular flexibility index (Phi) is 10.9. The average molecular weight is 606 g/mol. The van der Waals surface area contributed by atoms with Crippen molar-refractivity contribution < 1.29 is 36.6 Å². The monoisotopic (exact) mass is 605 g/mol. The van der Waals surface area contributed by atoms with Crippen LogP contribution in [-0.2, 0) is 6.42 Å². The summed E-state index contributed by atoms with van der Waals surface area (Å²) in [6.45, 7) is 3.79. The van der Waals surface area contributed by atoms with Gasteiger partial charge in [0, 0.05) is 12.3 Å². The summed E-state index contributed by atoms with van der Waals surface area (Å²) >= 11 is 0. The van der Waals surface area contributed by atoms with Crippen LogP contribution in [0, 0.1) is 23.2 Å². The van der Waals surface area contributed by atoms with E-state index in [9.17, 15) is 32.2 Å². The Balaban J connectivity index is 1.19. The van der Waals surface area contributed by atoms with E-state index in [0.29, 0.717) is 31.1 Å². The molecule has 4 rings (SSSR count). The van der Waals surface area contributed by atoms with Gasteiger partial charge < -0.3 is 15.1 Å². The van der Waals surface area contributed by atoms with Gasteiger partial charge in [-0.15, -0.1) is 0 Å². The molecule has 1 aromatic rings. The first kappa shape index (κ1) is 33.4.